The van der Waals surface area contributed by atoms with E-state index >= 15 is 0 Å². The standard InChI is InChI=1S/C29H28ClNO6/c1-4-13-37-21-8-6-7-19(15-21)27(33)25-26(18-9-12-23(32)24(16-18)36-5-2)31(29(35)28(25)34)22-11-10-20(30)14-17(22)3/h6-12,14-16,26,32-33H,4-5,13H2,1-3H3/b27-25+. The molecule has 1 heterocycles. The lowest BCUT2D eigenvalue weighted by Gasteiger charge is -2.27. The smallest absolute Gasteiger partial charge is 0.300 e. The summed E-state index contributed by atoms with van der Waals surface area (Å²) in [5, 5.41) is 22.2. The maximum atomic E-state index is 13.5. The first-order chi connectivity index (χ1) is 17.8. The average Bonchev–Trinajstić information content (AvgIpc) is 3.14. The van der Waals surface area contributed by atoms with E-state index in [0.717, 1.165) is 6.42 Å². The first kappa shape index (κ1) is 26.1. The molecule has 7 nitrogen and oxygen atoms in total. The van der Waals surface area contributed by atoms with Gasteiger partial charge in [0, 0.05) is 16.3 Å². The van der Waals surface area contributed by atoms with Crippen LogP contribution in [-0.4, -0.2) is 35.1 Å². The second-order valence-corrected chi connectivity index (χ2v) is 9.07. The van der Waals surface area contributed by atoms with Crippen LogP contribution in [0.25, 0.3) is 5.76 Å². The first-order valence-electron chi connectivity index (χ1n) is 12.0. The zero-order valence-corrected chi connectivity index (χ0v) is 21.6. The molecule has 1 saturated heterocycles. The van der Waals surface area contributed by atoms with Gasteiger partial charge < -0.3 is 19.7 Å². The second kappa shape index (κ2) is 11.0. The Morgan fingerprint density at radius 3 is 2.51 bits per heavy atom. The Kier molecular flexibility index (Phi) is 7.74. The Labute approximate surface area is 220 Å². The Morgan fingerprint density at radius 1 is 1.03 bits per heavy atom. The van der Waals surface area contributed by atoms with Gasteiger partial charge in [-0.1, -0.05) is 36.7 Å². The number of halogens is 1. The van der Waals surface area contributed by atoms with Gasteiger partial charge in [0.1, 0.15) is 11.5 Å². The van der Waals surface area contributed by atoms with E-state index in [1.165, 1.54) is 11.0 Å². The number of phenolic OH excluding ortho intramolecular Hbond substituents is 1. The number of phenols is 1. The minimum atomic E-state index is -0.986. The number of benzene rings is 3. The molecule has 1 aliphatic rings. The van der Waals surface area contributed by atoms with Crippen LogP contribution in [0.15, 0.2) is 66.2 Å². The number of anilines is 1. The van der Waals surface area contributed by atoms with Crippen molar-refractivity contribution in [1.82, 2.24) is 0 Å². The normalized spacial score (nSPS) is 16.8. The minimum absolute atomic E-state index is 0.0778. The summed E-state index contributed by atoms with van der Waals surface area (Å²) >= 11 is 6.15. The van der Waals surface area contributed by atoms with Gasteiger partial charge in [-0.2, -0.15) is 0 Å². The third-order valence-corrected chi connectivity index (χ3v) is 6.28. The summed E-state index contributed by atoms with van der Waals surface area (Å²) in [5.74, 6) is -1.29. The number of rotatable bonds is 8. The number of carbonyl (C=O) groups excluding carboxylic acids is 2. The molecule has 1 fully saturated rings. The molecule has 1 amide bonds. The zero-order valence-electron chi connectivity index (χ0n) is 20.8. The minimum Gasteiger partial charge on any atom is -0.507 e. The molecule has 0 aromatic heterocycles. The maximum Gasteiger partial charge on any atom is 0.300 e. The number of aliphatic hydroxyl groups excluding tert-OH is 1. The van der Waals surface area contributed by atoms with E-state index in [-0.39, 0.29) is 22.8 Å². The fraction of sp³-hybridized carbons (Fsp3) is 0.241. The lowest BCUT2D eigenvalue weighted by atomic mass is 9.94. The lowest BCUT2D eigenvalue weighted by Crippen LogP contribution is -2.30. The van der Waals surface area contributed by atoms with E-state index in [4.69, 9.17) is 21.1 Å². The van der Waals surface area contributed by atoms with Gasteiger partial charge in [0.25, 0.3) is 11.7 Å². The van der Waals surface area contributed by atoms with Crippen LogP contribution in [0, 0.1) is 6.92 Å². The van der Waals surface area contributed by atoms with Gasteiger partial charge in [0.15, 0.2) is 11.5 Å². The number of hydrogen-bond acceptors (Lipinski definition) is 6. The number of aliphatic hydroxyl groups is 1. The number of aromatic hydroxyl groups is 1. The van der Waals surface area contributed by atoms with Crippen molar-refractivity contribution in [2.24, 2.45) is 0 Å². The predicted molar refractivity (Wildman–Crippen MR) is 142 cm³/mol. The van der Waals surface area contributed by atoms with Crippen LogP contribution in [0.1, 0.15) is 43.0 Å². The number of aryl methyl sites for hydroxylation is 1. The van der Waals surface area contributed by atoms with Crippen molar-refractivity contribution >= 4 is 34.7 Å². The molecule has 1 unspecified atom stereocenters. The molecular formula is C29H28ClNO6. The summed E-state index contributed by atoms with van der Waals surface area (Å²) in [6.45, 7) is 6.35. The van der Waals surface area contributed by atoms with Crippen LogP contribution in [0.3, 0.4) is 0 Å². The lowest BCUT2D eigenvalue weighted by molar-refractivity contribution is -0.132. The Bertz CT molecular complexity index is 1380. The summed E-state index contributed by atoms with van der Waals surface area (Å²) in [5.41, 5.74) is 1.89. The van der Waals surface area contributed by atoms with Crippen molar-refractivity contribution in [1.29, 1.82) is 0 Å². The molecule has 0 spiro atoms. The summed E-state index contributed by atoms with van der Waals surface area (Å²) < 4.78 is 11.2. The fourth-order valence-electron chi connectivity index (χ4n) is 4.37. The fourth-order valence-corrected chi connectivity index (χ4v) is 4.59. The molecular weight excluding hydrogens is 494 g/mol. The van der Waals surface area contributed by atoms with Crippen molar-refractivity contribution in [2.75, 3.05) is 18.1 Å². The molecule has 0 bridgehead atoms. The average molecular weight is 522 g/mol. The highest BCUT2D eigenvalue weighted by Crippen LogP contribution is 2.45. The summed E-state index contributed by atoms with van der Waals surface area (Å²) in [6, 6.07) is 15.4. The topological polar surface area (TPSA) is 96.3 Å². The van der Waals surface area contributed by atoms with E-state index in [1.54, 1.807) is 68.4 Å². The quantitative estimate of drug-likeness (QED) is 0.209. The zero-order chi connectivity index (χ0) is 26.7. The highest BCUT2D eigenvalue weighted by Gasteiger charge is 2.47. The van der Waals surface area contributed by atoms with Crippen LogP contribution in [-0.2, 0) is 9.59 Å². The van der Waals surface area contributed by atoms with Crippen molar-refractivity contribution < 1.29 is 29.3 Å². The third-order valence-electron chi connectivity index (χ3n) is 6.04. The number of hydrogen-bond donors (Lipinski definition) is 2. The van der Waals surface area contributed by atoms with Crippen LogP contribution in [0.5, 0.6) is 17.2 Å². The van der Waals surface area contributed by atoms with Crippen molar-refractivity contribution in [3.05, 3.63) is 87.9 Å². The van der Waals surface area contributed by atoms with Gasteiger partial charge in [-0.05, 0) is 73.9 Å². The van der Waals surface area contributed by atoms with Gasteiger partial charge in [0.2, 0.25) is 0 Å². The molecule has 2 N–H and O–H groups in total. The number of Topliss-reactive ketones (excluding diaryl/α,β-unsaturated/α-hetero) is 1. The summed E-state index contributed by atoms with van der Waals surface area (Å²) in [6.07, 6.45) is 0.810. The third kappa shape index (κ3) is 5.13. The van der Waals surface area contributed by atoms with Gasteiger partial charge in [-0.3, -0.25) is 14.5 Å². The van der Waals surface area contributed by atoms with Crippen LogP contribution < -0.4 is 14.4 Å². The summed E-state index contributed by atoms with van der Waals surface area (Å²) in [7, 11) is 0. The van der Waals surface area contributed by atoms with E-state index < -0.39 is 17.7 Å². The highest BCUT2D eigenvalue weighted by atomic mass is 35.5. The molecule has 1 aliphatic heterocycles. The highest BCUT2D eigenvalue weighted by molar-refractivity contribution is 6.51. The molecule has 8 heteroatoms. The number of nitrogens with zero attached hydrogens (tertiary/aromatic N) is 1. The largest absolute Gasteiger partial charge is 0.507 e. The molecule has 37 heavy (non-hydrogen) atoms. The van der Waals surface area contributed by atoms with E-state index in [9.17, 15) is 19.8 Å². The second-order valence-electron chi connectivity index (χ2n) is 8.64. The predicted octanol–water partition coefficient (Wildman–Crippen LogP) is 6.17. The number of amides is 1. The van der Waals surface area contributed by atoms with E-state index in [1.807, 2.05) is 6.92 Å². The van der Waals surface area contributed by atoms with Crippen LogP contribution in [0.2, 0.25) is 5.02 Å². The van der Waals surface area contributed by atoms with Gasteiger partial charge in [-0.15, -0.1) is 0 Å². The molecule has 3 aromatic carbocycles. The number of carbonyl (C=O) groups is 2. The summed E-state index contributed by atoms with van der Waals surface area (Å²) in [4.78, 5) is 28.3. The van der Waals surface area contributed by atoms with Gasteiger partial charge in [0.05, 0.1) is 24.8 Å². The van der Waals surface area contributed by atoms with E-state index in [2.05, 4.69) is 0 Å². The molecule has 0 radical (unpaired) electrons. The molecule has 0 aliphatic carbocycles. The molecule has 192 valence electrons. The Hall–Kier alpha value is -3.97. The Morgan fingerprint density at radius 2 is 1.81 bits per heavy atom. The van der Waals surface area contributed by atoms with Crippen LogP contribution in [0.4, 0.5) is 5.69 Å². The van der Waals surface area contributed by atoms with Crippen molar-refractivity contribution in [3.8, 4) is 17.2 Å². The van der Waals surface area contributed by atoms with Crippen molar-refractivity contribution in [3.63, 3.8) is 0 Å². The SMILES string of the molecule is CCCOc1cccc(/C(O)=C2\C(=O)C(=O)N(c3ccc(Cl)cc3C)C2c2ccc(O)c(OCC)c2)c1. The van der Waals surface area contributed by atoms with E-state index in [0.29, 0.717) is 46.4 Å². The number of ether oxygens (including phenoxy) is 2. The maximum absolute atomic E-state index is 13.5. The number of ketones is 1. The monoisotopic (exact) mass is 521 g/mol. The van der Waals surface area contributed by atoms with Gasteiger partial charge in [-0.25, -0.2) is 0 Å². The van der Waals surface area contributed by atoms with Crippen molar-refractivity contribution in [2.45, 2.75) is 33.2 Å². The first-order valence-corrected chi connectivity index (χ1v) is 12.4. The molecule has 0 saturated carbocycles. The molecule has 1 atom stereocenters. The van der Waals surface area contributed by atoms with Gasteiger partial charge >= 0.3 is 0 Å². The van der Waals surface area contributed by atoms with Crippen LogP contribution >= 0.6 is 11.6 Å². The molecule has 3 aromatic rings. The Balaban J connectivity index is 1.94. The molecule has 4 rings (SSSR count).